The van der Waals surface area contributed by atoms with Gasteiger partial charge in [-0.05, 0) is 43.5 Å². The number of amidine groups is 1. The number of hydrogen-bond donors (Lipinski definition) is 1. The van der Waals surface area contributed by atoms with E-state index in [0.29, 0.717) is 17.9 Å². The lowest BCUT2D eigenvalue weighted by atomic mass is 10.0. The SMILES string of the molecule is COc1ccc(C2(O)CN(c3ccccc3)C3=[N+]2CCCCC3)c(F)c1. The van der Waals surface area contributed by atoms with Crippen molar-refractivity contribution in [3.63, 3.8) is 0 Å². The molecule has 0 fully saturated rings. The molecule has 0 aliphatic carbocycles. The second kappa shape index (κ2) is 6.72. The van der Waals surface area contributed by atoms with Crippen molar-refractivity contribution in [3.8, 4) is 5.75 Å². The molecule has 2 aromatic carbocycles. The van der Waals surface area contributed by atoms with Crippen LogP contribution in [0.25, 0.3) is 0 Å². The summed E-state index contributed by atoms with van der Waals surface area (Å²) in [6, 6.07) is 14.7. The van der Waals surface area contributed by atoms with Crippen LogP contribution in [0.5, 0.6) is 5.75 Å². The summed E-state index contributed by atoms with van der Waals surface area (Å²) in [5.41, 5.74) is -0.0540. The molecule has 0 spiro atoms. The Balaban J connectivity index is 1.82. The van der Waals surface area contributed by atoms with Crippen LogP contribution < -0.4 is 9.64 Å². The van der Waals surface area contributed by atoms with E-state index in [1.165, 1.54) is 13.2 Å². The zero-order chi connectivity index (χ0) is 18.1. The highest BCUT2D eigenvalue weighted by Gasteiger charge is 2.53. The normalized spacial score (nSPS) is 23.0. The van der Waals surface area contributed by atoms with Crippen molar-refractivity contribution in [2.75, 3.05) is 25.1 Å². The van der Waals surface area contributed by atoms with E-state index < -0.39 is 11.5 Å². The first-order valence-corrected chi connectivity index (χ1v) is 9.16. The van der Waals surface area contributed by atoms with E-state index in [4.69, 9.17) is 4.74 Å². The van der Waals surface area contributed by atoms with Gasteiger partial charge in [0.25, 0.3) is 11.6 Å². The minimum Gasteiger partial charge on any atom is -0.497 e. The van der Waals surface area contributed by atoms with Crippen LogP contribution in [0.2, 0.25) is 0 Å². The molecule has 2 heterocycles. The van der Waals surface area contributed by atoms with Gasteiger partial charge in [-0.3, -0.25) is 0 Å². The smallest absolute Gasteiger partial charge is 0.273 e. The van der Waals surface area contributed by atoms with Crippen molar-refractivity contribution in [2.45, 2.75) is 31.4 Å². The van der Waals surface area contributed by atoms with Crippen LogP contribution >= 0.6 is 0 Å². The summed E-state index contributed by atoms with van der Waals surface area (Å²) in [5, 5.41) is 11.6. The summed E-state index contributed by atoms with van der Waals surface area (Å²) >= 11 is 0. The fraction of sp³-hybridized carbons (Fsp3) is 0.381. The van der Waals surface area contributed by atoms with E-state index >= 15 is 0 Å². The van der Waals surface area contributed by atoms with Crippen molar-refractivity contribution in [3.05, 3.63) is 59.9 Å². The van der Waals surface area contributed by atoms with Gasteiger partial charge in [0, 0.05) is 12.5 Å². The highest BCUT2D eigenvalue weighted by atomic mass is 19.1. The van der Waals surface area contributed by atoms with Gasteiger partial charge in [0.05, 0.1) is 19.2 Å². The summed E-state index contributed by atoms with van der Waals surface area (Å²) in [6.45, 7) is 1.04. The van der Waals surface area contributed by atoms with Gasteiger partial charge in [0.15, 0.2) is 6.54 Å². The van der Waals surface area contributed by atoms with Crippen molar-refractivity contribution in [1.29, 1.82) is 0 Å². The molecule has 5 heteroatoms. The number of ether oxygens (including phenoxy) is 1. The largest absolute Gasteiger partial charge is 0.497 e. The number of anilines is 1. The fourth-order valence-electron chi connectivity index (χ4n) is 4.10. The van der Waals surface area contributed by atoms with Gasteiger partial charge in [0.1, 0.15) is 17.3 Å². The van der Waals surface area contributed by atoms with E-state index in [1.54, 1.807) is 12.1 Å². The molecule has 0 amide bonds. The molecule has 0 radical (unpaired) electrons. The van der Waals surface area contributed by atoms with Gasteiger partial charge in [-0.1, -0.05) is 18.2 Å². The number of aliphatic hydroxyl groups is 1. The third-order valence-electron chi connectivity index (χ3n) is 5.41. The van der Waals surface area contributed by atoms with E-state index in [1.807, 2.05) is 34.9 Å². The number of hydrogen-bond acceptors (Lipinski definition) is 3. The molecule has 0 saturated carbocycles. The monoisotopic (exact) mass is 355 g/mol. The average Bonchev–Trinajstić information content (AvgIpc) is 2.82. The molecule has 0 bridgehead atoms. The maximum absolute atomic E-state index is 14.8. The number of para-hydroxylation sites is 1. The molecule has 1 atom stereocenters. The Morgan fingerprint density at radius 2 is 1.92 bits per heavy atom. The lowest BCUT2D eigenvalue weighted by Crippen LogP contribution is -2.41. The van der Waals surface area contributed by atoms with Gasteiger partial charge < -0.3 is 9.84 Å². The molecule has 1 N–H and O–H groups in total. The molecule has 0 aromatic heterocycles. The van der Waals surface area contributed by atoms with Crippen LogP contribution in [-0.2, 0) is 5.72 Å². The Kier molecular flexibility index (Phi) is 4.41. The third-order valence-corrected chi connectivity index (χ3v) is 5.41. The van der Waals surface area contributed by atoms with E-state index in [9.17, 15) is 9.50 Å². The van der Waals surface area contributed by atoms with Crippen LogP contribution in [0.3, 0.4) is 0 Å². The summed E-state index contributed by atoms with van der Waals surface area (Å²) in [6.07, 6.45) is 4.07. The molecule has 4 rings (SSSR count). The van der Waals surface area contributed by atoms with Crippen molar-refractivity contribution in [1.82, 2.24) is 0 Å². The van der Waals surface area contributed by atoms with E-state index in [2.05, 4.69) is 4.90 Å². The topological polar surface area (TPSA) is 35.7 Å². The summed E-state index contributed by atoms with van der Waals surface area (Å²) in [5.74, 6) is 1.09. The highest BCUT2D eigenvalue weighted by Crippen LogP contribution is 2.37. The maximum Gasteiger partial charge on any atom is 0.273 e. The van der Waals surface area contributed by atoms with E-state index in [-0.39, 0.29) is 0 Å². The van der Waals surface area contributed by atoms with Crippen LogP contribution in [0.4, 0.5) is 10.1 Å². The number of halogens is 1. The first-order chi connectivity index (χ1) is 12.6. The van der Waals surface area contributed by atoms with Crippen molar-refractivity contribution >= 4 is 11.5 Å². The molecule has 26 heavy (non-hydrogen) atoms. The lowest BCUT2D eigenvalue weighted by molar-refractivity contribution is -0.658. The van der Waals surface area contributed by atoms with Crippen LogP contribution in [0.1, 0.15) is 31.2 Å². The summed E-state index contributed by atoms with van der Waals surface area (Å²) in [4.78, 5) is 2.13. The maximum atomic E-state index is 14.8. The van der Waals surface area contributed by atoms with Gasteiger partial charge in [-0.25, -0.2) is 13.9 Å². The molecule has 2 aromatic rings. The Labute approximate surface area is 153 Å². The molecule has 2 aliphatic heterocycles. The first-order valence-electron chi connectivity index (χ1n) is 9.16. The minimum atomic E-state index is -1.38. The fourth-order valence-corrected chi connectivity index (χ4v) is 4.10. The van der Waals surface area contributed by atoms with Gasteiger partial charge >= 0.3 is 0 Å². The molecule has 4 nitrogen and oxygen atoms in total. The number of methoxy groups -OCH3 is 1. The minimum absolute atomic E-state index is 0.302. The zero-order valence-corrected chi connectivity index (χ0v) is 15.0. The van der Waals surface area contributed by atoms with Crippen LogP contribution in [0, 0.1) is 5.82 Å². The van der Waals surface area contributed by atoms with Crippen LogP contribution in [-0.4, -0.2) is 35.7 Å². The first kappa shape index (κ1) is 17.0. The predicted octanol–water partition coefficient (Wildman–Crippen LogP) is 3.48. The van der Waals surface area contributed by atoms with Gasteiger partial charge in [-0.2, -0.15) is 0 Å². The van der Waals surface area contributed by atoms with Crippen molar-refractivity contribution in [2.24, 2.45) is 0 Å². The Morgan fingerprint density at radius 3 is 2.65 bits per heavy atom. The second-order valence-corrected chi connectivity index (χ2v) is 6.96. The molecule has 1 unspecified atom stereocenters. The quantitative estimate of drug-likeness (QED) is 0.856. The Morgan fingerprint density at radius 1 is 1.12 bits per heavy atom. The summed E-state index contributed by atoms with van der Waals surface area (Å²) in [7, 11) is 1.51. The van der Waals surface area contributed by atoms with Crippen molar-refractivity contribution < 1.29 is 18.8 Å². The second-order valence-electron chi connectivity index (χ2n) is 6.96. The molecular formula is C21H24FN2O2+. The Bertz CT molecular complexity index is 837. The molecule has 2 aliphatic rings. The molecular weight excluding hydrogens is 331 g/mol. The number of rotatable bonds is 3. The zero-order valence-electron chi connectivity index (χ0n) is 15.0. The number of benzene rings is 2. The predicted molar refractivity (Wildman–Crippen MR) is 99.2 cm³/mol. The Hall–Kier alpha value is -2.40. The number of nitrogens with zero attached hydrogens (tertiary/aromatic N) is 2. The standard InChI is InChI=1S/C21H24FN2O2/c1-26-17-11-12-18(19(22)14-17)21(25)15-23(16-8-4-2-5-9-16)20-10-6-3-7-13-24(20)21/h2,4-5,8-9,11-12,14,25H,3,6-7,10,13,15H2,1H3/q+1. The van der Waals surface area contributed by atoms with Gasteiger partial charge in [0.2, 0.25) is 0 Å². The number of β-amino-alcohol motifs (C(OH)–C–C–N with tert-alkyl or cyclic N) is 1. The lowest BCUT2D eigenvalue weighted by Gasteiger charge is -2.24. The van der Waals surface area contributed by atoms with E-state index in [0.717, 1.165) is 43.8 Å². The molecule has 136 valence electrons. The summed E-state index contributed by atoms with van der Waals surface area (Å²) < 4.78 is 21.9. The van der Waals surface area contributed by atoms with Crippen LogP contribution in [0.15, 0.2) is 48.5 Å². The molecule has 0 saturated heterocycles. The third kappa shape index (κ3) is 2.76. The van der Waals surface area contributed by atoms with Gasteiger partial charge in [-0.15, -0.1) is 0 Å². The highest BCUT2D eigenvalue weighted by molar-refractivity contribution is 5.95. The average molecular weight is 355 g/mol.